The maximum atomic E-state index is 14.1. The molecule has 8 heteroatoms. The van der Waals surface area contributed by atoms with Gasteiger partial charge in [0.05, 0.1) is 10.7 Å². The molecule has 138 valence electrons. The molecule has 0 bridgehead atoms. The van der Waals surface area contributed by atoms with Gasteiger partial charge in [-0.25, -0.2) is 0 Å². The zero-order valence-electron chi connectivity index (χ0n) is 13.7. The summed E-state index contributed by atoms with van der Waals surface area (Å²) in [5.74, 6) is 0.420. The number of hydrogen-bond donors (Lipinski definition) is 2. The van der Waals surface area contributed by atoms with E-state index in [1.54, 1.807) is 12.1 Å². The van der Waals surface area contributed by atoms with Crippen molar-refractivity contribution >= 4 is 17.3 Å². The number of halogens is 4. The molecule has 4 rings (SSSR count). The topological polar surface area (TPSA) is 46.2 Å². The van der Waals surface area contributed by atoms with Gasteiger partial charge in [-0.2, -0.15) is 13.2 Å². The molecule has 1 atom stereocenters. The summed E-state index contributed by atoms with van der Waals surface area (Å²) in [6.45, 7) is 1.68. The number of ether oxygens (including phenoxy) is 1. The van der Waals surface area contributed by atoms with E-state index in [0.717, 1.165) is 31.5 Å². The lowest BCUT2D eigenvalue weighted by Crippen LogP contribution is -2.51. The number of piperidine rings is 1. The third-order valence-corrected chi connectivity index (χ3v) is 5.10. The van der Waals surface area contributed by atoms with Crippen molar-refractivity contribution in [3.8, 4) is 5.75 Å². The number of hydrogen-bond acceptors (Lipinski definition) is 4. The number of aromatic nitrogens is 1. The van der Waals surface area contributed by atoms with Gasteiger partial charge in [0.25, 0.3) is 0 Å². The molecular weight excluding hydrogens is 367 g/mol. The number of pyridine rings is 1. The van der Waals surface area contributed by atoms with Crippen molar-refractivity contribution in [3.05, 3.63) is 52.8 Å². The Morgan fingerprint density at radius 3 is 2.58 bits per heavy atom. The lowest BCUT2D eigenvalue weighted by Gasteiger charge is -2.31. The van der Waals surface area contributed by atoms with Crippen LogP contribution in [0.5, 0.6) is 5.75 Å². The van der Waals surface area contributed by atoms with Crippen molar-refractivity contribution in [2.45, 2.75) is 30.7 Å². The van der Waals surface area contributed by atoms with Crippen LogP contribution >= 0.6 is 11.6 Å². The van der Waals surface area contributed by atoms with E-state index in [9.17, 15) is 13.2 Å². The number of benzene rings is 1. The normalized spacial score (nSPS) is 23.2. The number of fused-ring (bicyclic) bond motifs is 1. The van der Waals surface area contributed by atoms with Gasteiger partial charge in [-0.3, -0.25) is 4.98 Å². The fraction of sp³-hybridized carbons (Fsp3) is 0.389. The molecule has 2 aliphatic heterocycles. The Hall–Kier alpha value is -1.99. The Balaban J connectivity index is 1.78. The summed E-state index contributed by atoms with van der Waals surface area (Å²) in [4.78, 5) is 3.87. The molecule has 1 aromatic carbocycles. The highest BCUT2D eigenvalue weighted by Crippen LogP contribution is 2.52. The summed E-state index contributed by atoms with van der Waals surface area (Å²) in [5.41, 5.74) is -1.86. The standard InChI is InChI=1S/C18H17ClF3N3O/c19-12-4-5-15(24-10-12)17(18(20,21)22)25-14-3-1-2-13(16(14)26-17)11-6-8-23-9-7-11/h1-5,10-11,23,25H,6-9H2. The van der Waals surface area contributed by atoms with Crippen molar-refractivity contribution in [1.82, 2.24) is 10.3 Å². The van der Waals surface area contributed by atoms with Crippen LogP contribution in [0.15, 0.2) is 36.5 Å². The van der Waals surface area contributed by atoms with Gasteiger partial charge in [-0.05, 0) is 55.6 Å². The lowest BCUT2D eigenvalue weighted by molar-refractivity contribution is -0.239. The molecule has 1 aromatic heterocycles. The number of para-hydroxylation sites is 1. The minimum atomic E-state index is -4.71. The molecule has 2 aliphatic rings. The first-order chi connectivity index (χ1) is 12.4. The average Bonchev–Trinajstić information content (AvgIpc) is 3.04. The molecule has 0 spiro atoms. The van der Waals surface area contributed by atoms with Crippen LogP contribution in [0.3, 0.4) is 0 Å². The van der Waals surface area contributed by atoms with E-state index in [0.29, 0.717) is 5.69 Å². The molecule has 1 fully saturated rings. The first-order valence-corrected chi connectivity index (χ1v) is 8.78. The predicted octanol–water partition coefficient (Wildman–Crippen LogP) is 4.42. The van der Waals surface area contributed by atoms with Gasteiger partial charge < -0.3 is 15.4 Å². The molecule has 2 aromatic rings. The second kappa shape index (κ2) is 6.32. The lowest BCUT2D eigenvalue weighted by atomic mass is 9.89. The van der Waals surface area contributed by atoms with Crippen molar-refractivity contribution in [2.24, 2.45) is 0 Å². The van der Waals surface area contributed by atoms with E-state index in [2.05, 4.69) is 15.6 Å². The van der Waals surface area contributed by atoms with Crippen LogP contribution in [0, 0.1) is 0 Å². The van der Waals surface area contributed by atoms with Crippen LogP contribution in [-0.4, -0.2) is 24.2 Å². The third kappa shape index (κ3) is 2.79. The Labute approximate surface area is 153 Å². The molecule has 4 nitrogen and oxygen atoms in total. The third-order valence-electron chi connectivity index (χ3n) is 4.88. The summed E-state index contributed by atoms with van der Waals surface area (Å²) in [5, 5.41) is 6.06. The second-order valence-electron chi connectivity index (χ2n) is 6.52. The molecule has 1 unspecified atom stereocenters. The number of anilines is 1. The monoisotopic (exact) mass is 383 g/mol. The Morgan fingerprint density at radius 1 is 1.15 bits per heavy atom. The first kappa shape index (κ1) is 17.4. The highest BCUT2D eigenvalue weighted by Gasteiger charge is 2.63. The molecule has 0 amide bonds. The Morgan fingerprint density at radius 2 is 1.92 bits per heavy atom. The van der Waals surface area contributed by atoms with E-state index in [4.69, 9.17) is 16.3 Å². The van der Waals surface area contributed by atoms with Crippen LogP contribution in [0.4, 0.5) is 18.9 Å². The summed E-state index contributed by atoms with van der Waals surface area (Å²) >= 11 is 5.78. The van der Waals surface area contributed by atoms with Crippen molar-refractivity contribution in [3.63, 3.8) is 0 Å². The fourth-order valence-electron chi connectivity index (χ4n) is 3.56. The van der Waals surface area contributed by atoms with E-state index in [1.165, 1.54) is 18.3 Å². The first-order valence-electron chi connectivity index (χ1n) is 8.40. The van der Waals surface area contributed by atoms with Gasteiger partial charge in [0.15, 0.2) is 0 Å². The maximum absolute atomic E-state index is 14.1. The highest BCUT2D eigenvalue weighted by molar-refractivity contribution is 6.30. The highest BCUT2D eigenvalue weighted by atomic mass is 35.5. The van der Waals surface area contributed by atoms with E-state index in [1.807, 2.05) is 6.07 Å². The van der Waals surface area contributed by atoms with Crippen molar-refractivity contribution < 1.29 is 17.9 Å². The van der Waals surface area contributed by atoms with Gasteiger partial charge >= 0.3 is 11.9 Å². The SMILES string of the molecule is FC(F)(F)C1(c2ccc(Cl)cn2)Nc2cccc(C3CCNCC3)c2O1. The van der Waals surface area contributed by atoms with Crippen molar-refractivity contribution in [1.29, 1.82) is 0 Å². The number of nitrogens with zero attached hydrogens (tertiary/aromatic N) is 1. The quantitative estimate of drug-likeness (QED) is 0.805. The van der Waals surface area contributed by atoms with Gasteiger partial charge in [0.1, 0.15) is 11.4 Å². The Kier molecular flexibility index (Phi) is 4.23. The van der Waals surface area contributed by atoms with Gasteiger partial charge in [0.2, 0.25) is 0 Å². The molecular formula is C18H17ClF3N3O. The average molecular weight is 384 g/mol. The summed E-state index contributed by atoms with van der Waals surface area (Å²) < 4.78 is 47.8. The summed E-state index contributed by atoms with van der Waals surface area (Å²) in [7, 11) is 0. The minimum Gasteiger partial charge on any atom is -0.451 e. The summed E-state index contributed by atoms with van der Waals surface area (Å²) in [6, 6.07) is 7.81. The molecule has 0 saturated carbocycles. The van der Waals surface area contributed by atoms with Gasteiger partial charge in [-0.1, -0.05) is 23.7 Å². The largest absolute Gasteiger partial charge is 0.455 e. The Bertz CT molecular complexity index is 806. The zero-order valence-corrected chi connectivity index (χ0v) is 14.5. The van der Waals surface area contributed by atoms with Gasteiger partial charge in [-0.15, -0.1) is 0 Å². The smallest absolute Gasteiger partial charge is 0.451 e. The van der Waals surface area contributed by atoms with E-state index < -0.39 is 11.9 Å². The van der Waals surface area contributed by atoms with E-state index in [-0.39, 0.29) is 22.4 Å². The second-order valence-corrected chi connectivity index (χ2v) is 6.95. The van der Waals surface area contributed by atoms with Crippen molar-refractivity contribution in [2.75, 3.05) is 18.4 Å². The molecule has 0 radical (unpaired) electrons. The van der Waals surface area contributed by atoms with Crippen LogP contribution in [0.2, 0.25) is 5.02 Å². The predicted molar refractivity (Wildman–Crippen MR) is 92.5 cm³/mol. The van der Waals surface area contributed by atoms with Crippen LogP contribution in [-0.2, 0) is 5.72 Å². The van der Waals surface area contributed by atoms with Crippen LogP contribution in [0.25, 0.3) is 0 Å². The maximum Gasteiger partial charge on any atom is 0.455 e. The molecule has 0 aliphatic carbocycles. The van der Waals surface area contributed by atoms with E-state index >= 15 is 0 Å². The summed E-state index contributed by atoms with van der Waals surface area (Å²) in [6.07, 6.45) is -1.81. The zero-order chi connectivity index (χ0) is 18.4. The molecule has 2 N–H and O–H groups in total. The molecule has 26 heavy (non-hydrogen) atoms. The molecule has 1 saturated heterocycles. The van der Waals surface area contributed by atoms with Crippen LogP contribution < -0.4 is 15.4 Å². The van der Waals surface area contributed by atoms with Gasteiger partial charge in [0, 0.05) is 6.20 Å². The minimum absolute atomic E-state index is 0.162. The molecule has 3 heterocycles. The fourth-order valence-corrected chi connectivity index (χ4v) is 3.68. The number of nitrogens with one attached hydrogen (secondary N) is 2. The number of alkyl halides is 3. The number of rotatable bonds is 2. The van der Waals surface area contributed by atoms with Crippen LogP contribution in [0.1, 0.15) is 30.0 Å².